The molecule has 0 spiro atoms. The normalized spacial score (nSPS) is 10.6. The van der Waals surface area contributed by atoms with Gasteiger partial charge < -0.3 is 5.73 Å². The summed E-state index contributed by atoms with van der Waals surface area (Å²) in [6.45, 7) is 1.86. The van der Waals surface area contributed by atoms with Gasteiger partial charge in [0.05, 0.1) is 21.5 Å². The van der Waals surface area contributed by atoms with Gasteiger partial charge in [-0.25, -0.2) is 9.07 Å². The van der Waals surface area contributed by atoms with E-state index in [4.69, 9.17) is 5.73 Å². The molecule has 5 heteroatoms. The number of nitrogens with zero attached hydrogens (tertiary/aromatic N) is 2. The van der Waals surface area contributed by atoms with E-state index in [1.54, 1.807) is 10.9 Å². The predicted octanol–water partition coefficient (Wildman–Crippen LogP) is 2.66. The van der Waals surface area contributed by atoms with Crippen molar-refractivity contribution in [2.75, 3.05) is 5.73 Å². The monoisotopic (exact) mass is 269 g/mol. The first-order valence-corrected chi connectivity index (χ1v) is 5.14. The number of benzene rings is 1. The van der Waals surface area contributed by atoms with Crippen LogP contribution in [-0.2, 0) is 0 Å². The van der Waals surface area contributed by atoms with Crippen LogP contribution in [0.15, 0.2) is 28.9 Å². The summed E-state index contributed by atoms with van der Waals surface area (Å²) in [6, 6.07) is 4.72. The van der Waals surface area contributed by atoms with Crippen LogP contribution < -0.4 is 5.73 Å². The molecule has 15 heavy (non-hydrogen) atoms. The van der Waals surface area contributed by atoms with E-state index in [9.17, 15) is 4.39 Å². The Morgan fingerprint density at radius 3 is 2.80 bits per heavy atom. The highest BCUT2D eigenvalue weighted by Gasteiger charge is 2.08. The predicted molar refractivity (Wildman–Crippen MR) is 60.4 cm³/mol. The molecular formula is C10H9BrFN3. The zero-order valence-electron chi connectivity index (χ0n) is 8.04. The number of anilines is 1. The van der Waals surface area contributed by atoms with Gasteiger partial charge >= 0.3 is 0 Å². The maximum absolute atomic E-state index is 13.3. The molecule has 0 aliphatic rings. The summed E-state index contributed by atoms with van der Waals surface area (Å²) in [7, 11) is 0. The summed E-state index contributed by atoms with van der Waals surface area (Å²) in [5.74, 6) is -0.354. The molecule has 1 heterocycles. The zero-order valence-corrected chi connectivity index (χ0v) is 9.62. The van der Waals surface area contributed by atoms with Gasteiger partial charge in [0.1, 0.15) is 5.82 Å². The first-order valence-electron chi connectivity index (χ1n) is 4.35. The fraction of sp³-hybridized carbons (Fsp3) is 0.100. The molecule has 0 radical (unpaired) electrons. The topological polar surface area (TPSA) is 43.8 Å². The number of hydrogen-bond donors (Lipinski definition) is 1. The van der Waals surface area contributed by atoms with Crippen LogP contribution in [0.5, 0.6) is 0 Å². The number of rotatable bonds is 1. The Kier molecular flexibility index (Phi) is 2.48. The van der Waals surface area contributed by atoms with Crippen molar-refractivity contribution in [2.45, 2.75) is 6.92 Å². The largest absolute Gasteiger partial charge is 0.397 e. The third-order valence-electron chi connectivity index (χ3n) is 2.04. The van der Waals surface area contributed by atoms with Crippen LogP contribution in [0.25, 0.3) is 5.69 Å². The number of nitrogens with two attached hydrogens (primary N) is 1. The molecule has 78 valence electrons. The Labute approximate surface area is 94.8 Å². The van der Waals surface area contributed by atoms with Gasteiger partial charge in [0.25, 0.3) is 0 Å². The van der Waals surface area contributed by atoms with Crippen LogP contribution in [0.2, 0.25) is 0 Å². The maximum atomic E-state index is 13.3. The second-order valence-electron chi connectivity index (χ2n) is 3.23. The summed E-state index contributed by atoms with van der Waals surface area (Å²) >= 11 is 3.07. The third-order valence-corrected chi connectivity index (χ3v) is 2.65. The van der Waals surface area contributed by atoms with Crippen LogP contribution >= 0.6 is 15.9 Å². The molecule has 1 aromatic carbocycles. The molecule has 0 unspecified atom stereocenters. The van der Waals surface area contributed by atoms with Gasteiger partial charge in [-0.1, -0.05) is 0 Å². The van der Waals surface area contributed by atoms with Gasteiger partial charge in [-0.15, -0.1) is 0 Å². The lowest BCUT2D eigenvalue weighted by Crippen LogP contribution is -2.01. The molecular weight excluding hydrogens is 261 g/mol. The van der Waals surface area contributed by atoms with Crippen LogP contribution in [0.4, 0.5) is 10.1 Å². The molecule has 0 fully saturated rings. The number of nitrogen functional groups attached to an aromatic ring is 1. The Hall–Kier alpha value is -1.36. The Balaban J connectivity index is 2.58. The van der Waals surface area contributed by atoms with Crippen molar-refractivity contribution in [3.05, 3.63) is 40.4 Å². The molecule has 0 bridgehead atoms. The van der Waals surface area contributed by atoms with Crippen molar-refractivity contribution in [1.29, 1.82) is 0 Å². The van der Waals surface area contributed by atoms with E-state index in [2.05, 4.69) is 21.0 Å². The van der Waals surface area contributed by atoms with E-state index in [1.807, 2.05) is 13.0 Å². The molecule has 0 aliphatic heterocycles. The number of hydrogen-bond acceptors (Lipinski definition) is 2. The van der Waals surface area contributed by atoms with E-state index in [-0.39, 0.29) is 5.82 Å². The van der Waals surface area contributed by atoms with Crippen molar-refractivity contribution in [2.24, 2.45) is 0 Å². The maximum Gasteiger partial charge on any atom is 0.139 e. The van der Waals surface area contributed by atoms with E-state index >= 15 is 0 Å². The van der Waals surface area contributed by atoms with Crippen molar-refractivity contribution in [3.63, 3.8) is 0 Å². The average Bonchev–Trinajstić information content (AvgIpc) is 2.58. The van der Waals surface area contributed by atoms with Crippen molar-refractivity contribution >= 4 is 21.6 Å². The third kappa shape index (κ3) is 1.87. The van der Waals surface area contributed by atoms with E-state index < -0.39 is 0 Å². The summed E-state index contributed by atoms with van der Waals surface area (Å²) < 4.78 is 15.2. The van der Waals surface area contributed by atoms with Crippen molar-refractivity contribution < 1.29 is 4.39 Å². The van der Waals surface area contributed by atoms with Crippen molar-refractivity contribution in [1.82, 2.24) is 9.78 Å². The van der Waals surface area contributed by atoms with Gasteiger partial charge in [-0.05, 0) is 35.0 Å². The molecule has 2 N–H and O–H groups in total. The number of aryl methyl sites for hydroxylation is 1. The summed E-state index contributed by atoms with van der Waals surface area (Å²) in [6.07, 6.45) is 1.74. The molecule has 0 atom stereocenters. The molecule has 2 rings (SSSR count). The minimum absolute atomic E-state index is 0.354. The van der Waals surface area contributed by atoms with Crippen LogP contribution in [-0.4, -0.2) is 9.78 Å². The van der Waals surface area contributed by atoms with Gasteiger partial charge in [0, 0.05) is 12.3 Å². The standard InChI is InChI=1S/C10H9BrFN3/c1-6-2-3-15(14-6)10-5-8(12)7(11)4-9(10)13/h2-5H,13H2,1H3. The second-order valence-corrected chi connectivity index (χ2v) is 4.08. The van der Waals surface area contributed by atoms with Crippen molar-refractivity contribution in [3.8, 4) is 5.69 Å². The number of halogens is 2. The zero-order chi connectivity index (χ0) is 11.0. The minimum atomic E-state index is -0.354. The smallest absolute Gasteiger partial charge is 0.139 e. The molecule has 3 nitrogen and oxygen atoms in total. The SMILES string of the molecule is Cc1ccn(-c2cc(F)c(Br)cc2N)n1. The Morgan fingerprint density at radius 2 is 2.20 bits per heavy atom. The van der Waals surface area contributed by atoms with E-state index in [1.165, 1.54) is 12.1 Å². The van der Waals surface area contributed by atoms with Gasteiger partial charge in [-0.2, -0.15) is 5.10 Å². The van der Waals surface area contributed by atoms with Gasteiger partial charge in [0.2, 0.25) is 0 Å². The Bertz CT molecular complexity index is 507. The quantitative estimate of drug-likeness (QED) is 0.809. The lowest BCUT2D eigenvalue weighted by molar-refractivity contribution is 0.619. The minimum Gasteiger partial charge on any atom is -0.397 e. The highest BCUT2D eigenvalue weighted by Crippen LogP contribution is 2.25. The highest BCUT2D eigenvalue weighted by atomic mass is 79.9. The second kappa shape index (κ2) is 3.66. The molecule has 2 aromatic rings. The van der Waals surface area contributed by atoms with Gasteiger partial charge in [0.15, 0.2) is 0 Å². The average molecular weight is 270 g/mol. The highest BCUT2D eigenvalue weighted by molar-refractivity contribution is 9.10. The number of aromatic nitrogens is 2. The van der Waals surface area contributed by atoms with Crippen LogP contribution in [0.3, 0.4) is 0 Å². The van der Waals surface area contributed by atoms with Crippen LogP contribution in [0, 0.1) is 12.7 Å². The lowest BCUT2D eigenvalue weighted by atomic mass is 10.2. The van der Waals surface area contributed by atoms with Gasteiger partial charge in [-0.3, -0.25) is 0 Å². The molecule has 0 saturated heterocycles. The fourth-order valence-electron chi connectivity index (χ4n) is 1.30. The summed E-state index contributed by atoms with van der Waals surface area (Å²) in [5.41, 5.74) is 7.66. The first-order chi connectivity index (χ1) is 7.08. The molecule has 1 aromatic heterocycles. The summed E-state index contributed by atoms with van der Waals surface area (Å²) in [5, 5.41) is 4.17. The van der Waals surface area contributed by atoms with Crippen LogP contribution in [0.1, 0.15) is 5.69 Å². The van der Waals surface area contributed by atoms with E-state index in [0.29, 0.717) is 15.8 Å². The first kappa shape index (κ1) is 10.2. The Morgan fingerprint density at radius 1 is 1.47 bits per heavy atom. The molecule has 0 saturated carbocycles. The lowest BCUT2D eigenvalue weighted by Gasteiger charge is -2.06. The molecule has 0 amide bonds. The fourth-order valence-corrected chi connectivity index (χ4v) is 1.66. The summed E-state index contributed by atoms with van der Waals surface area (Å²) in [4.78, 5) is 0. The molecule has 0 aliphatic carbocycles. The van der Waals surface area contributed by atoms with E-state index in [0.717, 1.165) is 5.69 Å².